The van der Waals surface area contributed by atoms with E-state index in [-0.39, 0.29) is 18.4 Å². The van der Waals surface area contributed by atoms with Crippen LogP contribution in [-0.4, -0.2) is 28.1 Å². The summed E-state index contributed by atoms with van der Waals surface area (Å²) < 4.78 is 1.96. The lowest BCUT2D eigenvalue weighted by Crippen LogP contribution is -2.25. The van der Waals surface area contributed by atoms with Crippen molar-refractivity contribution in [1.29, 1.82) is 0 Å². The van der Waals surface area contributed by atoms with E-state index in [0.29, 0.717) is 6.42 Å². The van der Waals surface area contributed by atoms with Gasteiger partial charge in [-0.15, -0.1) is 0 Å². The van der Waals surface area contributed by atoms with E-state index in [9.17, 15) is 4.79 Å². The van der Waals surface area contributed by atoms with E-state index in [0.717, 1.165) is 43.5 Å². The van der Waals surface area contributed by atoms with Crippen molar-refractivity contribution in [3.05, 3.63) is 59.0 Å². The molecule has 0 fully saturated rings. The third-order valence-corrected chi connectivity index (χ3v) is 4.76. The summed E-state index contributed by atoms with van der Waals surface area (Å²) in [5.41, 5.74) is 10.3. The number of Topliss-reactive ketones (excluding diaryl/α,β-unsaturated/α-hetero) is 1. The number of aryl methyl sites for hydroxylation is 1. The molecule has 0 saturated heterocycles. The summed E-state index contributed by atoms with van der Waals surface area (Å²) in [6.07, 6.45) is 13.5. The largest absolute Gasteiger partial charge is 0.395 e. The molecule has 0 saturated carbocycles. The van der Waals surface area contributed by atoms with Crippen LogP contribution in [0, 0.1) is 0 Å². The Kier molecular flexibility index (Phi) is 7.41. The molecule has 25 heavy (non-hydrogen) atoms. The van der Waals surface area contributed by atoms with Crippen molar-refractivity contribution in [2.45, 2.75) is 51.5 Å². The Morgan fingerprint density at radius 1 is 1.32 bits per heavy atom. The fraction of sp³-hybridized carbons (Fsp3) is 0.476. The van der Waals surface area contributed by atoms with Crippen LogP contribution in [0.4, 0.5) is 0 Å². The number of ketones is 1. The van der Waals surface area contributed by atoms with Gasteiger partial charge in [0.1, 0.15) is 0 Å². The van der Waals surface area contributed by atoms with Crippen LogP contribution in [0.1, 0.15) is 55.2 Å². The van der Waals surface area contributed by atoms with Crippen molar-refractivity contribution in [3.63, 3.8) is 0 Å². The van der Waals surface area contributed by atoms with Gasteiger partial charge in [0, 0.05) is 25.2 Å². The molecule has 1 heterocycles. The number of hydrogen-bond donors (Lipinski definition) is 2. The van der Waals surface area contributed by atoms with E-state index in [1.54, 1.807) is 0 Å². The lowest BCUT2D eigenvalue weighted by atomic mass is 10.0. The highest BCUT2D eigenvalue weighted by Gasteiger charge is 2.13. The van der Waals surface area contributed by atoms with Crippen molar-refractivity contribution in [2.75, 3.05) is 6.61 Å². The maximum absolute atomic E-state index is 12.5. The molecule has 1 aromatic heterocycles. The van der Waals surface area contributed by atoms with Crippen LogP contribution in [0.2, 0.25) is 0 Å². The quantitative estimate of drug-likeness (QED) is 0.675. The molecule has 1 aliphatic carbocycles. The molecule has 3 N–H and O–H groups in total. The monoisotopic (exact) mass is 342 g/mol. The minimum atomic E-state index is -0.200. The number of hydrogen-bond acceptors (Lipinski definition) is 3. The normalized spacial score (nSPS) is 15.5. The average molecular weight is 342 g/mol. The van der Waals surface area contributed by atoms with Gasteiger partial charge in [0.05, 0.1) is 12.3 Å². The van der Waals surface area contributed by atoms with E-state index in [1.165, 1.54) is 11.1 Å². The number of carbonyl (C=O) groups is 1. The van der Waals surface area contributed by atoms with Gasteiger partial charge in [0.15, 0.2) is 5.78 Å². The van der Waals surface area contributed by atoms with Crippen molar-refractivity contribution in [1.82, 2.24) is 4.57 Å². The zero-order valence-corrected chi connectivity index (χ0v) is 15.4. The van der Waals surface area contributed by atoms with Crippen LogP contribution in [0.25, 0.3) is 0 Å². The fourth-order valence-electron chi connectivity index (χ4n) is 3.07. The van der Waals surface area contributed by atoms with Crippen LogP contribution in [-0.2, 0) is 13.5 Å². The first-order valence-corrected chi connectivity index (χ1v) is 9.08. The molecule has 0 radical (unpaired) electrons. The van der Waals surface area contributed by atoms with Crippen molar-refractivity contribution in [3.8, 4) is 0 Å². The van der Waals surface area contributed by atoms with Crippen molar-refractivity contribution >= 4 is 5.78 Å². The first-order chi connectivity index (χ1) is 12.0. The number of aromatic nitrogens is 1. The lowest BCUT2D eigenvalue weighted by Gasteiger charge is -2.10. The molecule has 1 atom stereocenters. The van der Waals surface area contributed by atoms with Crippen LogP contribution < -0.4 is 5.73 Å². The molecule has 0 aliphatic heterocycles. The summed E-state index contributed by atoms with van der Waals surface area (Å²) >= 11 is 0. The van der Waals surface area contributed by atoms with Gasteiger partial charge in [-0.05, 0) is 51.2 Å². The number of nitrogens with two attached hydrogens (primary N) is 1. The topological polar surface area (TPSA) is 68.2 Å². The highest BCUT2D eigenvalue weighted by molar-refractivity contribution is 5.94. The van der Waals surface area contributed by atoms with Crippen LogP contribution in [0.15, 0.2) is 47.6 Å². The maximum Gasteiger partial charge on any atom is 0.179 e. The third-order valence-electron chi connectivity index (χ3n) is 4.76. The van der Waals surface area contributed by atoms with Crippen molar-refractivity contribution < 1.29 is 9.90 Å². The third kappa shape index (κ3) is 5.83. The Hall–Kier alpha value is -1.91. The summed E-state index contributed by atoms with van der Waals surface area (Å²) in [5, 5.41) is 9.01. The standard InChI is InChI=1S/C21H30N2O2/c1-16-5-3-6-17(10-9-16)7-4-8-21(25)20-14-13-19(23(20)2)12-11-18(22)15-24/h3,5,9-10,13-14,18,24H,4,6-8,11-12,15,22H2,1-2H3. The van der Waals surface area contributed by atoms with Gasteiger partial charge in [0.25, 0.3) is 0 Å². The van der Waals surface area contributed by atoms with Gasteiger partial charge in [-0.3, -0.25) is 4.79 Å². The number of nitrogens with zero attached hydrogens (tertiary/aromatic N) is 1. The van der Waals surface area contributed by atoms with Gasteiger partial charge in [0.2, 0.25) is 0 Å². The zero-order chi connectivity index (χ0) is 18.2. The minimum absolute atomic E-state index is 0.00400. The van der Waals surface area contributed by atoms with Gasteiger partial charge in [-0.2, -0.15) is 0 Å². The molecule has 0 aromatic carbocycles. The second-order valence-corrected chi connectivity index (χ2v) is 6.87. The second-order valence-electron chi connectivity index (χ2n) is 6.87. The summed E-state index contributed by atoms with van der Waals surface area (Å²) in [6.45, 7) is 2.09. The van der Waals surface area contributed by atoms with Crippen LogP contribution >= 0.6 is 0 Å². The predicted octanol–water partition coefficient (Wildman–Crippen LogP) is 3.46. The van der Waals surface area contributed by atoms with E-state index >= 15 is 0 Å². The molecular weight excluding hydrogens is 312 g/mol. The highest BCUT2D eigenvalue weighted by atomic mass is 16.3. The Morgan fingerprint density at radius 3 is 2.88 bits per heavy atom. The summed E-state index contributed by atoms with van der Waals surface area (Å²) in [5.74, 6) is 0.191. The number of rotatable bonds is 9. The highest BCUT2D eigenvalue weighted by Crippen LogP contribution is 2.19. The summed E-state index contributed by atoms with van der Waals surface area (Å²) in [6, 6.07) is 3.69. The van der Waals surface area contributed by atoms with Gasteiger partial charge >= 0.3 is 0 Å². The van der Waals surface area contributed by atoms with Gasteiger partial charge < -0.3 is 15.4 Å². The molecule has 136 valence electrons. The Bertz CT molecular complexity index is 680. The minimum Gasteiger partial charge on any atom is -0.395 e. The SMILES string of the molecule is CC1=CC=C(CCCC(=O)c2ccc(CCC(N)CO)n2C)CC=C1. The molecule has 1 aromatic rings. The summed E-state index contributed by atoms with van der Waals surface area (Å²) in [4.78, 5) is 12.5. The fourth-order valence-corrected chi connectivity index (χ4v) is 3.07. The first kappa shape index (κ1) is 19.4. The Balaban J connectivity index is 1.85. The Morgan fingerprint density at radius 2 is 2.12 bits per heavy atom. The molecule has 4 nitrogen and oxygen atoms in total. The number of aliphatic hydroxyl groups is 1. The van der Waals surface area contributed by atoms with Crippen LogP contribution in [0.5, 0.6) is 0 Å². The Labute approximate surface area is 150 Å². The smallest absolute Gasteiger partial charge is 0.179 e. The summed E-state index contributed by atoms with van der Waals surface area (Å²) in [7, 11) is 1.93. The predicted molar refractivity (Wildman–Crippen MR) is 103 cm³/mol. The number of carbonyl (C=O) groups excluding carboxylic acids is 1. The molecule has 0 bridgehead atoms. The van der Waals surface area contributed by atoms with E-state index in [2.05, 4.69) is 31.2 Å². The van der Waals surface area contributed by atoms with Gasteiger partial charge in [-0.1, -0.05) is 35.5 Å². The lowest BCUT2D eigenvalue weighted by molar-refractivity contribution is 0.0972. The maximum atomic E-state index is 12.5. The molecule has 0 amide bonds. The number of allylic oxidation sites excluding steroid dienone is 6. The molecule has 4 heteroatoms. The van der Waals surface area contributed by atoms with Crippen LogP contribution in [0.3, 0.4) is 0 Å². The average Bonchev–Trinajstić information content (AvgIpc) is 2.84. The van der Waals surface area contributed by atoms with E-state index in [4.69, 9.17) is 10.8 Å². The zero-order valence-electron chi connectivity index (χ0n) is 15.4. The van der Waals surface area contributed by atoms with E-state index in [1.807, 2.05) is 23.7 Å². The van der Waals surface area contributed by atoms with Gasteiger partial charge in [-0.25, -0.2) is 0 Å². The molecule has 1 unspecified atom stereocenters. The van der Waals surface area contributed by atoms with Crippen molar-refractivity contribution in [2.24, 2.45) is 12.8 Å². The second kappa shape index (κ2) is 9.54. The number of aliphatic hydroxyl groups excluding tert-OH is 1. The molecule has 0 spiro atoms. The molecule has 2 rings (SSSR count). The molecular formula is C21H30N2O2. The molecule has 1 aliphatic rings. The van der Waals surface area contributed by atoms with E-state index < -0.39 is 0 Å². The first-order valence-electron chi connectivity index (χ1n) is 9.08.